The summed E-state index contributed by atoms with van der Waals surface area (Å²) in [4.78, 5) is 24.6. The zero-order chi connectivity index (χ0) is 16.1. The summed E-state index contributed by atoms with van der Waals surface area (Å²) in [6.07, 6.45) is 3.96. The van der Waals surface area contributed by atoms with Gasteiger partial charge in [-0.05, 0) is 43.4 Å². The van der Waals surface area contributed by atoms with Gasteiger partial charge in [0.2, 0.25) is 5.91 Å². The Morgan fingerprint density at radius 2 is 2.05 bits per heavy atom. The first-order chi connectivity index (χ1) is 10.5. The quantitative estimate of drug-likeness (QED) is 0.620. The maximum absolute atomic E-state index is 11.6. The van der Waals surface area contributed by atoms with Gasteiger partial charge >= 0.3 is 5.97 Å². The van der Waals surface area contributed by atoms with E-state index in [1.807, 2.05) is 17.0 Å². The molecule has 0 aromatic heterocycles. The lowest BCUT2D eigenvalue weighted by Gasteiger charge is -2.23. The van der Waals surface area contributed by atoms with Gasteiger partial charge in [-0.3, -0.25) is 9.59 Å². The van der Waals surface area contributed by atoms with E-state index in [1.54, 1.807) is 20.1 Å². The summed E-state index contributed by atoms with van der Waals surface area (Å²) < 4.78 is 10.4. The maximum Gasteiger partial charge on any atom is 0.308 e. The summed E-state index contributed by atoms with van der Waals surface area (Å²) in [5.41, 5.74) is 1.11. The molecule has 5 nitrogen and oxygen atoms in total. The predicted octanol–water partition coefficient (Wildman–Crippen LogP) is 2.56. The Balaban J connectivity index is 2.01. The van der Waals surface area contributed by atoms with Gasteiger partial charge in [0.05, 0.1) is 7.11 Å². The second-order valence-corrected chi connectivity index (χ2v) is 5.63. The maximum atomic E-state index is 11.6. The average molecular weight is 305 g/mol. The molecular formula is C17H23NO4. The average Bonchev–Trinajstić information content (AvgIpc) is 2.94. The zero-order valence-electron chi connectivity index (χ0n) is 13.4. The largest absolute Gasteiger partial charge is 0.493 e. The topological polar surface area (TPSA) is 55.8 Å². The molecule has 1 heterocycles. The molecule has 22 heavy (non-hydrogen) atoms. The van der Waals surface area contributed by atoms with Crippen LogP contribution in [-0.2, 0) is 16.0 Å². The van der Waals surface area contributed by atoms with E-state index in [-0.39, 0.29) is 11.9 Å². The molecule has 1 aromatic rings. The molecule has 0 radical (unpaired) electrons. The Bertz CT molecular complexity index is 556. The molecule has 0 bridgehead atoms. The standard InChI is InChI=1S/C17H23NO4/c1-12(19)18-10-4-5-15(18)8-6-14-7-9-16(22-13(2)20)17(11-14)21-3/h7,9,11,15H,4-6,8,10H2,1-3H3/t15-/m0/s1. The molecular weight excluding hydrogens is 282 g/mol. The number of hydrogen-bond donors (Lipinski definition) is 0. The molecule has 1 aliphatic heterocycles. The third-order valence-corrected chi connectivity index (χ3v) is 4.03. The highest BCUT2D eigenvalue weighted by Gasteiger charge is 2.25. The number of hydrogen-bond acceptors (Lipinski definition) is 4. The second-order valence-electron chi connectivity index (χ2n) is 5.63. The van der Waals surface area contributed by atoms with Crippen LogP contribution in [0, 0.1) is 0 Å². The van der Waals surface area contributed by atoms with Crippen molar-refractivity contribution in [2.75, 3.05) is 13.7 Å². The molecule has 5 heteroatoms. The van der Waals surface area contributed by atoms with Gasteiger partial charge in [-0.2, -0.15) is 0 Å². The van der Waals surface area contributed by atoms with Crippen LogP contribution >= 0.6 is 0 Å². The second kappa shape index (κ2) is 7.29. The molecule has 1 fully saturated rings. The molecule has 1 aliphatic rings. The van der Waals surface area contributed by atoms with Gasteiger partial charge in [0.1, 0.15) is 0 Å². The number of likely N-dealkylation sites (tertiary alicyclic amines) is 1. The number of esters is 1. The molecule has 2 rings (SSSR count). The number of methoxy groups -OCH3 is 1. The SMILES string of the molecule is COc1cc(CC[C@@H]2CCCN2C(C)=O)ccc1OC(C)=O. The Morgan fingerprint density at radius 3 is 2.68 bits per heavy atom. The number of nitrogens with zero attached hydrogens (tertiary/aromatic N) is 1. The van der Waals surface area contributed by atoms with Crippen LogP contribution in [0.3, 0.4) is 0 Å². The van der Waals surface area contributed by atoms with Crippen LogP contribution in [0.25, 0.3) is 0 Å². The number of ether oxygens (including phenoxy) is 2. The van der Waals surface area contributed by atoms with Crippen LogP contribution in [0.1, 0.15) is 38.7 Å². The normalized spacial score (nSPS) is 17.4. The molecule has 0 N–H and O–H groups in total. The molecule has 0 unspecified atom stereocenters. The van der Waals surface area contributed by atoms with Crippen LogP contribution in [0.4, 0.5) is 0 Å². The Hall–Kier alpha value is -2.04. The summed E-state index contributed by atoms with van der Waals surface area (Å²) in [6.45, 7) is 3.87. The van der Waals surface area contributed by atoms with Crippen LogP contribution < -0.4 is 9.47 Å². The van der Waals surface area contributed by atoms with Crippen molar-refractivity contribution in [3.05, 3.63) is 23.8 Å². The van der Waals surface area contributed by atoms with E-state index >= 15 is 0 Å². The first-order valence-electron chi connectivity index (χ1n) is 7.63. The van der Waals surface area contributed by atoms with E-state index in [1.165, 1.54) is 6.92 Å². The van der Waals surface area contributed by atoms with Crippen molar-refractivity contribution >= 4 is 11.9 Å². The Morgan fingerprint density at radius 1 is 1.27 bits per heavy atom. The molecule has 0 saturated carbocycles. The first-order valence-corrected chi connectivity index (χ1v) is 7.63. The van der Waals surface area contributed by atoms with Gasteiger partial charge in [0.15, 0.2) is 11.5 Å². The predicted molar refractivity (Wildman–Crippen MR) is 83.0 cm³/mol. The van der Waals surface area contributed by atoms with Crippen LogP contribution in [0.5, 0.6) is 11.5 Å². The minimum absolute atomic E-state index is 0.158. The number of aryl methyl sites for hydroxylation is 1. The zero-order valence-corrected chi connectivity index (χ0v) is 13.4. The smallest absolute Gasteiger partial charge is 0.308 e. The van der Waals surface area contributed by atoms with E-state index in [0.29, 0.717) is 17.5 Å². The summed E-state index contributed by atoms with van der Waals surface area (Å²) >= 11 is 0. The van der Waals surface area contributed by atoms with Crippen molar-refractivity contribution in [2.24, 2.45) is 0 Å². The number of benzene rings is 1. The van der Waals surface area contributed by atoms with E-state index in [0.717, 1.165) is 37.8 Å². The fraction of sp³-hybridized carbons (Fsp3) is 0.529. The van der Waals surface area contributed by atoms with E-state index in [2.05, 4.69) is 0 Å². The molecule has 0 aliphatic carbocycles. The highest BCUT2D eigenvalue weighted by atomic mass is 16.6. The van der Waals surface area contributed by atoms with Crippen molar-refractivity contribution in [1.82, 2.24) is 4.90 Å². The van der Waals surface area contributed by atoms with Crippen molar-refractivity contribution in [1.29, 1.82) is 0 Å². The number of amides is 1. The molecule has 0 spiro atoms. The van der Waals surface area contributed by atoms with Gasteiger partial charge in [0, 0.05) is 26.4 Å². The van der Waals surface area contributed by atoms with E-state index in [4.69, 9.17) is 9.47 Å². The first kappa shape index (κ1) is 16.3. The summed E-state index contributed by atoms with van der Waals surface area (Å²) in [6, 6.07) is 5.92. The molecule has 1 saturated heterocycles. The fourth-order valence-corrected chi connectivity index (χ4v) is 2.99. The molecule has 1 amide bonds. The van der Waals surface area contributed by atoms with Crippen molar-refractivity contribution in [3.8, 4) is 11.5 Å². The molecule has 1 atom stereocenters. The highest BCUT2D eigenvalue weighted by Crippen LogP contribution is 2.29. The Labute approximate surface area is 131 Å². The molecule has 1 aromatic carbocycles. The van der Waals surface area contributed by atoms with Gasteiger partial charge in [-0.15, -0.1) is 0 Å². The van der Waals surface area contributed by atoms with E-state index < -0.39 is 0 Å². The number of carbonyl (C=O) groups is 2. The Kier molecular flexibility index (Phi) is 5.41. The minimum Gasteiger partial charge on any atom is -0.493 e. The highest BCUT2D eigenvalue weighted by molar-refractivity contribution is 5.73. The van der Waals surface area contributed by atoms with Gasteiger partial charge in [-0.1, -0.05) is 6.07 Å². The lowest BCUT2D eigenvalue weighted by Crippen LogP contribution is -2.33. The summed E-state index contributed by atoms with van der Waals surface area (Å²) in [5, 5.41) is 0. The van der Waals surface area contributed by atoms with Crippen molar-refractivity contribution in [2.45, 2.75) is 45.6 Å². The summed E-state index contributed by atoms with van der Waals surface area (Å²) in [5.74, 6) is 0.784. The van der Waals surface area contributed by atoms with E-state index in [9.17, 15) is 9.59 Å². The monoisotopic (exact) mass is 305 g/mol. The fourth-order valence-electron chi connectivity index (χ4n) is 2.99. The third kappa shape index (κ3) is 4.00. The van der Waals surface area contributed by atoms with Gasteiger partial charge in [-0.25, -0.2) is 0 Å². The van der Waals surface area contributed by atoms with Crippen molar-refractivity contribution < 1.29 is 19.1 Å². The number of rotatable bonds is 5. The summed E-state index contributed by atoms with van der Waals surface area (Å²) in [7, 11) is 1.56. The third-order valence-electron chi connectivity index (χ3n) is 4.03. The van der Waals surface area contributed by atoms with Gasteiger partial charge < -0.3 is 14.4 Å². The van der Waals surface area contributed by atoms with Crippen LogP contribution in [0.2, 0.25) is 0 Å². The van der Waals surface area contributed by atoms with Crippen molar-refractivity contribution in [3.63, 3.8) is 0 Å². The lowest BCUT2D eigenvalue weighted by atomic mass is 10.0. The molecule has 120 valence electrons. The van der Waals surface area contributed by atoms with Crippen LogP contribution in [0.15, 0.2) is 18.2 Å². The number of carbonyl (C=O) groups excluding carboxylic acids is 2. The lowest BCUT2D eigenvalue weighted by molar-refractivity contribution is -0.132. The van der Waals surface area contributed by atoms with Crippen LogP contribution in [-0.4, -0.2) is 36.5 Å². The van der Waals surface area contributed by atoms with Gasteiger partial charge in [0.25, 0.3) is 0 Å². The minimum atomic E-state index is -0.367.